The first-order valence-electron chi connectivity index (χ1n) is 9.28. The van der Waals surface area contributed by atoms with Crippen LogP contribution < -0.4 is 15.1 Å². The predicted octanol–water partition coefficient (Wildman–Crippen LogP) is 1.86. The molecule has 0 bridgehead atoms. The molecule has 0 atom stereocenters. The number of carbonyl (C=O) groups excluding carboxylic acids is 1. The number of nitrogens with zero attached hydrogens (tertiary/aromatic N) is 7. The van der Waals surface area contributed by atoms with Crippen LogP contribution in [-0.2, 0) is 6.54 Å². The topological polar surface area (TPSA) is 100 Å². The van der Waals surface area contributed by atoms with Crippen molar-refractivity contribution in [2.45, 2.75) is 25.8 Å². The minimum Gasteiger partial charge on any atom is -0.347 e. The second-order valence-corrected chi connectivity index (χ2v) is 7.47. The van der Waals surface area contributed by atoms with Crippen molar-refractivity contribution < 1.29 is 4.79 Å². The third kappa shape index (κ3) is 4.01. The fourth-order valence-electron chi connectivity index (χ4n) is 3.09. The Balaban J connectivity index is 1.51. The van der Waals surface area contributed by atoms with Crippen LogP contribution in [0.3, 0.4) is 0 Å². The molecule has 1 aliphatic heterocycles. The van der Waals surface area contributed by atoms with E-state index in [-0.39, 0.29) is 12.5 Å². The van der Waals surface area contributed by atoms with Gasteiger partial charge in [-0.3, -0.25) is 4.79 Å². The molecular weight excluding hydrogens is 376 g/mol. The van der Waals surface area contributed by atoms with Gasteiger partial charge in [-0.15, -0.1) is 0 Å². The van der Waals surface area contributed by atoms with Crippen LogP contribution >= 0.6 is 11.7 Å². The lowest BCUT2D eigenvalue weighted by Crippen LogP contribution is -2.32. The smallest absolute Gasteiger partial charge is 0.251 e. The summed E-state index contributed by atoms with van der Waals surface area (Å²) in [6, 6.07) is 5.29. The number of nitrogens with one attached hydrogen (secondary N) is 1. The molecule has 3 heterocycles. The fraction of sp³-hybridized carbons (Fsp3) is 0.444. The number of piperidine rings is 1. The number of amides is 1. The highest BCUT2D eigenvalue weighted by molar-refractivity contribution is 7.00. The summed E-state index contributed by atoms with van der Waals surface area (Å²) < 4.78 is 8.34. The molecule has 1 N–H and O–H groups in total. The number of anilines is 2. The van der Waals surface area contributed by atoms with Gasteiger partial charge in [-0.05, 0) is 37.5 Å². The van der Waals surface area contributed by atoms with Crippen molar-refractivity contribution in [1.29, 1.82) is 0 Å². The highest BCUT2D eigenvalue weighted by atomic mass is 32.1. The summed E-state index contributed by atoms with van der Waals surface area (Å²) in [5, 5.41) is 2.89. The van der Waals surface area contributed by atoms with Gasteiger partial charge in [0.15, 0.2) is 5.82 Å². The Labute approximate surface area is 167 Å². The molecule has 1 saturated heterocycles. The van der Waals surface area contributed by atoms with E-state index in [2.05, 4.69) is 33.9 Å². The summed E-state index contributed by atoms with van der Waals surface area (Å²) >= 11 is 1.13. The van der Waals surface area contributed by atoms with Crippen LogP contribution in [0, 0.1) is 0 Å². The van der Waals surface area contributed by atoms with Gasteiger partial charge in [-0.25, -0.2) is 0 Å². The van der Waals surface area contributed by atoms with Crippen LogP contribution in [0.2, 0.25) is 0 Å². The predicted molar refractivity (Wildman–Crippen MR) is 109 cm³/mol. The van der Waals surface area contributed by atoms with Gasteiger partial charge < -0.3 is 15.1 Å². The molecule has 0 radical (unpaired) electrons. The molecule has 1 aliphatic rings. The maximum Gasteiger partial charge on any atom is 0.251 e. The third-order valence-corrected chi connectivity index (χ3v) is 5.18. The van der Waals surface area contributed by atoms with Crippen molar-refractivity contribution in [3.05, 3.63) is 29.6 Å². The first-order chi connectivity index (χ1) is 13.6. The van der Waals surface area contributed by atoms with Crippen LogP contribution in [0.1, 0.15) is 35.4 Å². The Morgan fingerprint density at radius 1 is 1.11 bits per heavy atom. The average molecular weight is 398 g/mol. The molecule has 0 unspecified atom stereocenters. The van der Waals surface area contributed by atoms with Gasteiger partial charge in [0.1, 0.15) is 11.0 Å². The molecule has 4 rings (SSSR count). The Bertz CT molecular complexity index is 983. The van der Waals surface area contributed by atoms with E-state index >= 15 is 0 Å². The lowest BCUT2D eigenvalue weighted by Gasteiger charge is -2.27. The van der Waals surface area contributed by atoms with Crippen molar-refractivity contribution in [2.24, 2.45) is 0 Å². The molecule has 0 aliphatic carbocycles. The van der Waals surface area contributed by atoms with Crippen molar-refractivity contribution >= 4 is 40.6 Å². The van der Waals surface area contributed by atoms with Gasteiger partial charge in [0.25, 0.3) is 5.91 Å². The van der Waals surface area contributed by atoms with E-state index in [4.69, 9.17) is 0 Å². The van der Waals surface area contributed by atoms with Gasteiger partial charge in [0.2, 0.25) is 11.9 Å². The van der Waals surface area contributed by atoms with Gasteiger partial charge >= 0.3 is 0 Å². The van der Waals surface area contributed by atoms with Crippen molar-refractivity contribution in [1.82, 2.24) is 29.0 Å². The minimum atomic E-state index is -0.193. The third-order valence-electron chi connectivity index (χ3n) is 4.62. The number of aromatic nitrogens is 5. The second-order valence-electron chi connectivity index (χ2n) is 6.94. The van der Waals surface area contributed by atoms with Crippen LogP contribution in [0.4, 0.5) is 11.9 Å². The molecule has 3 aromatic rings. The standard InChI is InChI=1S/C18H22N8OS/c1-25(2)17-20-15(21-18(22-17)26-8-4-3-5-9-26)11-19-16(27)12-6-7-13-14(10-12)24-28-23-13/h6-7,10H,3-5,8-9,11H2,1-2H3,(H,19,27). The maximum absolute atomic E-state index is 12.5. The van der Waals surface area contributed by atoms with Crippen LogP contribution in [0.5, 0.6) is 0 Å². The van der Waals surface area contributed by atoms with Gasteiger partial charge in [0, 0.05) is 32.7 Å². The molecule has 9 nitrogen and oxygen atoms in total. The molecular formula is C18H22N8OS. The average Bonchev–Trinajstić information content (AvgIpc) is 3.20. The lowest BCUT2D eigenvalue weighted by molar-refractivity contribution is 0.0950. The highest BCUT2D eigenvalue weighted by Crippen LogP contribution is 2.18. The number of hydrogen-bond acceptors (Lipinski definition) is 9. The molecule has 146 valence electrons. The number of carbonyl (C=O) groups is 1. The molecule has 28 heavy (non-hydrogen) atoms. The number of benzene rings is 1. The molecule has 1 aromatic carbocycles. The number of fused-ring (bicyclic) bond motifs is 1. The number of hydrogen-bond donors (Lipinski definition) is 1. The zero-order valence-corrected chi connectivity index (χ0v) is 16.7. The van der Waals surface area contributed by atoms with E-state index in [0.29, 0.717) is 23.3 Å². The summed E-state index contributed by atoms with van der Waals surface area (Å²) in [6.07, 6.45) is 3.52. The Morgan fingerprint density at radius 3 is 2.68 bits per heavy atom. The Hall–Kier alpha value is -2.88. The zero-order valence-electron chi connectivity index (χ0n) is 15.9. The zero-order chi connectivity index (χ0) is 19.5. The van der Waals surface area contributed by atoms with Gasteiger partial charge in [-0.1, -0.05) is 0 Å². The van der Waals surface area contributed by atoms with E-state index in [1.807, 2.05) is 19.0 Å². The molecule has 2 aromatic heterocycles. The summed E-state index contributed by atoms with van der Waals surface area (Å²) in [4.78, 5) is 30.2. The quantitative estimate of drug-likeness (QED) is 0.695. The van der Waals surface area contributed by atoms with Gasteiger partial charge in [-0.2, -0.15) is 23.7 Å². The summed E-state index contributed by atoms with van der Waals surface area (Å²) in [7, 11) is 3.80. The van der Waals surface area contributed by atoms with E-state index in [1.54, 1.807) is 18.2 Å². The summed E-state index contributed by atoms with van der Waals surface area (Å²) in [5.41, 5.74) is 2.05. The highest BCUT2D eigenvalue weighted by Gasteiger charge is 2.17. The SMILES string of the molecule is CN(C)c1nc(CNC(=O)c2ccc3nsnc3c2)nc(N2CCCCC2)n1. The largest absolute Gasteiger partial charge is 0.347 e. The monoisotopic (exact) mass is 398 g/mol. The maximum atomic E-state index is 12.5. The lowest BCUT2D eigenvalue weighted by atomic mass is 10.1. The van der Waals surface area contributed by atoms with Gasteiger partial charge in [0.05, 0.1) is 18.3 Å². The van der Waals surface area contributed by atoms with Crippen molar-refractivity contribution in [3.63, 3.8) is 0 Å². The Kier molecular flexibility index (Phi) is 5.29. The van der Waals surface area contributed by atoms with Crippen LogP contribution in [0.25, 0.3) is 11.0 Å². The first-order valence-corrected chi connectivity index (χ1v) is 10.0. The molecule has 0 saturated carbocycles. The normalized spacial score (nSPS) is 14.3. The molecule has 1 amide bonds. The summed E-state index contributed by atoms with van der Waals surface area (Å²) in [5.74, 6) is 1.62. The van der Waals surface area contributed by atoms with E-state index in [1.165, 1.54) is 6.42 Å². The Morgan fingerprint density at radius 2 is 1.89 bits per heavy atom. The van der Waals surface area contributed by atoms with Crippen molar-refractivity contribution in [2.75, 3.05) is 37.0 Å². The van der Waals surface area contributed by atoms with E-state index in [9.17, 15) is 4.79 Å². The molecule has 0 spiro atoms. The van der Waals surface area contributed by atoms with E-state index in [0.717, 1.165) is 48.7 Å². The minimum absolute atomic E-state index is 0.193. The van der Waals surface area contributed by atoms with E-state index < -0.39 is 0 Å². The second kappa shape index (κ2) is 8.01. The fourth-order valence-corrected chi connectivity index (χ4v) is 3.61. The first kappa shape index (κ1) is 18.5. The molecule has 10 heteroatoms. The number of rotatable bonds is 5. The van der Waals surface area contributed by atoms with Crippen LogP contribution in [0.15, 0.2) is 18.2 Å². The molecule has 1 fully saturated rings. The van der Waals surface area contributed by atoms with Crippen LogP contribution in [-0.4, -0.2) is 56.8 Å². The van der Waals surface area contributed by atoms with Crippen molar-refractivity contribution in [3.8, 4) is 0 Å². The summed E-state index contributed by atoms with van der Waals surface area (Å²) in [6.45, 7) is 2.13.